The van der Waals surface area contributed by atoms with Crippen molar-refractivity contribution in [3.8, 4) is 5.75 Å². The van der Waals surface area contributed by atoms with Crippen LogP contribution in [0, 0.1) is 13.8 Å². The molecule has 7 nitrogen and oxygen atoms in total. The Kier molecular flexibility index (Phi) is 7.14. The Hall–Kier alpha value is -1.95. The molecule has 1 unspecified atom stereocenters. The quantitative estimate of drug-likeness (QED) is 0.497. The monoisotopic (exact) mass is 377 g/mol. The molecule has 0 radical (unpaired) electrons. The average Bonchev–Trinajstić information content (AvgIpc) is 2.60. The maximum absolute atomic E-state index is 13.6. The first-order valence-electron chi connectivity index (χ1n) is 8.81. The normalized spacial score (nSPS) is 12.8. The van der Waals surface area contributed by atoms with Gasteiger partial charge in [-0.25, -0.2) is 4.98 Å². The van der Waals surface area contributed by atoms with Gasteiger partial charge >= 0.3 is 0 Å². The molecule has 0 saturated heterocycles. The van der Waals surface area contributed by atoms with Crippen molar-refractivity contribution in [2.45, 2.75) is 33.4 Å². The van der Waals surface area contributed by atoms with E-state index in [1.54, 1.807) is 18.5 Å². The third-order valence-electron chi connectivity index (χ3n) is 4.09. The number of phenolic OH excluding ortho intramolecular Hbond substituents is 1. The SMILES string of the molecule is CCNP(=O)(NCC)C(CNc1cnc(C)cn1)c1ccc(O)c(C)c1. The zero-order valence-corrected chi connectivity index (χ0v) is 16.7. The lowest BCUT2D eigenvalue weighted by atomic mass is 10.1. The minimum atomic E-state index is -2.93. The highest BCUT2D eigenvalue weighted by Crippen LogP contribution is 2.52. The van der Waals surface area contributed by atoms with E-state index in [0.717, 1.165) is 16.8 Å². The highest BCUT2D eigenvalue weighted by Gasteiger charge is 2.33. The summed E-state index contributed by atoms with van der Waals surface area (Å²) in [6.07, 6.45) is 3.36. The fraction of sp³-hybridized carbons (Fsp3) is 0.444. The number of benzene rings is 1. The number of anilines is 1. The van der Waals surface area contributed by atoms with Crippen LogP contribution in [-0.4, -0.2) is 34.7 Å². The Morgan fingerprint density at radius 3 is 2.35 bits per heavy atom. The molecule has 2 rings (SSSR count). The van der Waals surface area contributed by atoms with Crippen molar-refractivity contribution in [2.24, 2.45) is 0 Å². The second-order valence-electron chi connectivity index (χ2n) is 6.17. The fourth-order valence-corrected chi connectivity index (χ4v) is 5.19. The van der Waals surface area contributed by atoms with Crippen LogP contribution >= 0.6 is 7.44 Å². The second-order valence-corrected chi connectivity index (χ2v) is 8.74. The smallest absolute Gasteiger partial charge is 0.220 e. The van der Waals surface area contributed by atoms with Gasteiger partial charge < -0.3 is 10.4 Å². The Morgan fingerprint density at radius 2 is 1.81 bits per heavy atom. The lowest BCUT2D eigenvalue weighted by Crippen LogP contribution is -2.30. The average molecular weight is 377 g/mol. The minimum Gasteiger partial charge on any atom is -0.508 e. The number of aryl methyl sites for hydroxylation is 2. The summed E-state index contributed by atoms with van der Waals surface area (Å²) in [6, 6.07) is 5.34. The van der Waals surface area contributed by atoms with Crippen LogP contribution in [-0.2, 0) is 4.57 Å². The molecule has 0 aliphatic rings. The molecular formula is C18H28N5O2P. The van der Waals surface area contributed by atoms with Crippen LogP contribution in [0.2, 0.25) is 0 Å². The van der Waals surface area contributed by atoms with E-state index in [0.29, 0.717) is 25.5 Å². The highest BCUT2D eigenvalue weighted by atomic mass is 31.2. The summed E-state index contributed by atoms with van der Waals surface area (Å²) in [5.41, 5.74) is 2.15. The highest BCUT2D eigenvalue weighted by molar-refractivity contribution is 7.60. The van der Waals surface area contributed by atoms with Crippen molar-refractivity contribution in [1.82, 2.24) is 20.1 Å². The van der Waals surface area contributed by atoms with Gasteiger partial charge in [0.25, 0.3) is 0 Å². The maximum atomic E-state index is 13.6. The van der Waals surface area contributed by atoms with Crippen LogP contribution in [0.15, 0.2) is 30.6 Å². The van der Waals surface area contributed by atoms with Crippen LogP contribution in [0.25, 0.3) is 0 Å². The molecule has 142 valence electrons. The van der Waals surface area contributed by atoms with Crippen LogP contribution in [0.4, 0.5) is 5.82 Å². The van der Waals surface area contributed by atoms with Crippen LogP contribution in [0.1, 0.15) is 36.3 Å². The molecule has 0 aliphatic carbocycles. The molecule has 1 atom stereocenters. The fourth-order valence-electron chi connectivity index (χ4n) is 2.77. The molecule has 1 aromatic carbocycles. The van der Waals surface area contributed by atoms with E-state index in [-0.39, 0.29) is 11.4 Å². The molecule has 4 N–H and O–H groups in total. The Balaban J connectivity index is 2.34. The van der Waals surface area contributed by atoms with Crippen LogP contribution < -0.4 is 15.5 Å². The molecule has 0 spiro atoms. The summed E-state index contributed by atoms with van der Waals surface area (Å²) in [6.45, 7) is 9.16. The molecule has 0 amide bonds. The molecule has 2 aromatic rings. The molecule has 26 heavy (non-hydrogen) atoms. The van der Waals surface area contributed by atoms with Crippen molar-refractivity contribution < 1.29 is 9.67 Å². The van der Waals surface area contributed by atoms with Gasteiger partial charge in [0.05, 0.1) is 23.7 Å². The van der Waals surface area contributed by atoms with Gasteiger partial charge in [0.1, 0.15) is 11.6 Å². The lowest BCUT2D eigenvalue weighted by Gasteiger charge is -2.29. The number of rotatable bonds is 9. The van der Waals surface area contributed by atoms with E-state index in [2.05, 4.69) is 25.5 Å². The first kappa shape index (κ1) is 20.4. The molecule has 0 aliphatic heterocycles. The summed E-state index contributed by atoms with van der Waals surface area (Å²) in [7, 11) is -2.93. The molecular weight excluding hydrogens is 349 g/mol. The van der Waals surface area contributed by atoms with E-state index in [1.807, 2.05) is 39.8 Å². The largest absolute Gasteiger partial charge is 0.508 e. The molecule has 0 fully saturated rings. The summed E-state index contributed by atoms with van der Waals surface area (Å²) >= 11 is 0. The van der Waals surface area contributed by atoms with Gasteiger partial charge in [0.15, 0.2) is 0 Å². The van der Waals surface area contributed by atoms with Crippen molar-refractivity contribution in [1.29, 1.82) is 0 Å². The molecule has 0 saturated carbocycles. The molecule has 1 aromatic heterocycles. The van der Waals surface area contributed by atoms with E-state index in [9.17, 15) is 9.67 Å². The molecule has 8 heteroatoms. The number of aromatic nitrogens is 2. The summed E-state index contributed by atoms with van der Waals surface area (Å²) in [4.78, 5) is 8.54. The Bertz CT molecular complexity index is 757. The topological polar surface area (TPSA) is 99.2 Å². The van der Waals surface area contributed by atoms with Gasteiger partial charge in [0.2, 0.25) is 7.44 Å². The van der Waals surface area contributed by atoms with Crippen LogP contribution in [0.3, 0.4) is 0 Å². The number of hydrogen-bond acceptors (Lipinski definition) is 5. The van der Waals surface area contributed by atoms with E-state index < -0.39 is 7.44 Å². The van der Waals surface area contributed by atoms with Gasteiger partial charge in [-0.2, -0.15) is 0 Å². The lowest BCUT2D eigenvalue weighted by molar-refractivity contribution is 0.470. The predicted octanol–water partition coefficient (Wildman–Crippen LogP) is 3.36. The van der Waals surface area contributed by atoms with Crippen molar-refractivity contribution in [2.75, 3.05) is 25.0 Å². The van der Waals surface area contributed by atoms with E-state index >= 15 is 0 Å². The summed E-state index contributed by atoms with van der Waals surface area (Å²) < 4.78 is 13.6. The minimum absolute atomic E-state index is 0.228. The first-order chi connectivity index (χ1) is 12.4. The Morgan fingerprint density at radius 1 is 1.12 bits per heavy atom. The van der Waals surface area contributed by atoms with E-state index in [4.69, 9.17) is 0 Å². The van der Waals surface area contributed by atoms with Crippen LogP contribution in [0.5, 0.6) is 5.75 Å². The zero-order chi connectivity index (χ0) is 19.2. The first-order valence-corrected chi connectivity index (χ1v) is 10.6. The van der Waals surface area contributed by atoms with Gasteiger partial charge in [-0.3, -0.25) is 19.7 Å². The van der Waals surface area contributed by atoms with Crippen molar-refractivity contribution in [3.63, 3.8) is 0 Å². The second kappa shape index (κ2) is 9.12. The zero-order valence-electron chi connectivity index (χ0n) is 15.8. The van der Waals surface area contributed by atoms with Gasteiger partial charge in [-0.15, -0.1) is 0 Å². The summed E-state index contributed by atoms with van der Waals surface area (Å²) in [5, 5.41) is 19.4. The van der Waals surface area contributed by atoms with Gasteiger partial charge in [-0.1, -0.05) is 26.0 Å². The molecule has 1 heterocycles. The maximum Gasteiger partial charge on any atom is 0.220 e. The third kappa shape index (κ3) is 5.04. The van der Waals surface area contributed by atoms with E-state index in [1.165, 1.54) is 0 Å². The standard InChI is InChI=1S/C18H28N5O2P/c1-5-22-26(25,23-6-2)17(15-7-8-16(24)13(3)9-15)11-21-18-12-19-14(4)10-20-18/h7-10,12,17,24H,5-6,11H2,1-4H3,(H,20,21)(H2,22,23,25). The number of phenols is 1. The number of nitrogens with one attached hydrogen (secondary N) is 3. The molecule has 0 bridgehead atoms. The summed E-state index contributed by atoms with van der Waals surface area (Å²) in [5.74, 6) is 0.863. The van der Waals surface area contributed by atoms with Crippen molar-refractivity contribution in [3.05, 3.63) is 47.4 Å². The number of aromatic hydroxyl groups is 1. The Labute approximate surface area is 155 Å². The predicted molar refractivity (Wildman–Crippen MR) is 106 cm³/mol. The van der Waals surface area contributed by atoms with Crippen molar-refractivity contribution >= 4 is 13.3 Å². The van der Waals surface area contributed by atoms with Gasteiger partial charge in [-0.05, 0) is 44.1 Å². The van der Waals surface area contributed by atoms with Gasteiger partial charge in [0, 0.05) is 6.54 Å². The number of nitrogens with zero attached hydrogens (tertiary/aromatic N) is 2. The third-order valence-corrected chi connectivity index (χ3v) is 7.02. The number of hydrogen-bond donors (Lipinski definition) is 4.